The average molecular weight is 485 g/mol. The highest BCUT2D eigenvalue weighted by Gasteiger charge is 2.31. The van der Waals surface area contributed by atoms with Crippen LogP contribution in [0.3, 0.4) is 0 Å². The Morgan fingerprint density at radius 1 is 0.971 bits per heavy atom. The number of aliphatic carboxylic acids is 2. The summed E-state index contributed by atoms with van der Waals surface area (Å²) >= 11 is 0. The lowest BCUT2D eigenvalue weighted by Crippen LogP contribution is -2.58. The standard InChI is InChI=1S/C18H27N7O9/c19-9(1-2-13(20)27)15(30)25-12(6-26)17(32)23-10(3-8-5-21-7-22-8)16(31)24-11(18(33)34)4-14(28)29/h5,7,9-12,26H,1-4,6,19H2,(H2,20,27)(H,21,22)(H,23,32)(H,24,31)(H,25,30)(H,28,29)(H,33,34). The van der Waals surface area contributed by atoms with Crippen molar-refractivity contribution in [2.45, 2.75) is 49.9 Å². The zero-order valence-electron chi connectivity index (χ0n) is 17.9. The molecule has 1 rings (SSSR count). The fourth-order valence-electron chi connectivity index (χ4n) is 2.65. The molecule has 16 nitrogen and oxygen atoms in total. The van der Waals surface area contributed by atoms with Gasteiger partial charge in [0, 0.05) is 24.7 Å². The Bertz CT molecular complexity index is 890. The van der Waals surface area contributed by atoms with Crippen molar-refractivity contribution < 1.29 is 44.1 Å². The van der Waals surface area contributed by atoms with Gasteiger partial charge >= 0.3 is 11.9 Å². The molecule has 4 unspecified atom stereocenters. The molecule has 1 aromatic heterocycles. The summed E-state index contributed by atoms with van der Waals surface area (Å²) in [5, 5.41) is 34.0. The predicted molar refractivity (Wildman–Crippen MR) is 111 cm³/mol. The zero-order chi connectivity index (χ0) is 25.8. The molecule has 4 amide bonds. The molecule has 0 aliphatic rings. The third kappa shape index (κ3) is 9.61. The van der Waals surface area contributed by atoms with Gasteiger partial charge in [-0.25, -0.2) is 9.78 Å². The van der Waals surface area contributed by atoms with Crippen molar-refractivity contribution in [1.29, 1.82) is 0 Å². The van der Waals surface area contributed by atoms with E-state index in [1.807, 2.05) is 5.32 Å². The van der Waals surface area contributed by atoms with E-state index in [1.165, 1.54) is 12.5 Å². The Balaban J connectivity index is 2.93. The van der Waals surface area contributed by atoms with Crippen LogP contribution in [0.2, 0.25) is 0 Å². The van der Waals surface area contributed by atoms with E-state index in [2.05, 4.69) is 20.6 Å². The number of aromatic amines is 1. The van der Waals surface area contributed by atoms with Crippen molar-refractivity contribution in [2.24, 2.45) is 11.5 Å². The van der Waals surface area contributed by atoms with E-state index >= 15 is 0 Å². The highest BCUT2D eigenvalue weighted by molar-refractivity contribution is 5.94. The van der Waals surface area contributed by atoms with Crippen molar-refractivity contribution in [3.05, 3.63) is 18.2 Å². The number of rotatable bonds is 15. The number of primary amides is 1. The molecule has 4 atom stereocenters. The molecule has 34 heavy (non-hydrogen) atoms. The van der Waals surface area contributed by atoms with Crippen molar-refractivity contribution in [2.75, 3.05) is 6.61 Å². The first-order valence-corrected chi connectivity index (χ1v) is 9.92. The Kier molecular flexibility index (Phi) is 11.1. The highest BCUT2D eigenvalue weighted by Crippen LogP contribution is 2.03. The molecular weight excluding hydrogens is 458 g/mol. The minimum Gasteiger partial charge on any atom is -0.481 e. The molecule has 16 heteroatoms. The number of imidazole rings is 1. The lowest BCUT2D eigenvalue weighted by atomic mass is 10.1. The van der Waals surface area contributed by atoms with Gasteiger partial charge in [0.25, 0.3) is 0 Å². The van der Waals surface area contributed by atoms with Crippen LogP contribution in [0, 0.1) is 0 Å². The average Bonchev–Trinajstić information content (AvgIpc) is 3.27. The second-order valence-electron chi connectivity index (χ2n) is 7.19. The van der Waals surface area contributed by atoms with Crippen LogP contribution < -0.4 is 27.4 Å². The van der Waals surface area contributed by atoms with Crippen LogP contribution in [0.1, 0.15) is 25.0 Å². The molecule has 0 radical (unpaired) electrons. The zero-order valence-corrected chi connectivity index (χ0v) is 17.9. The number of hydrogen-bond donors (Lipinski definition) is 9. The molecular formula is C18H27N7O9. The normalized spacial score (nSPS) is 14.2. The van der Waals surface area contributed by atoms with Crippen LogP contribution in [0.15, 0.2) is 12.5 Å². The summed E-state index contributed by atoms with van der Waals surface area (Å²) in [5.74, 6) is -6.67. The minimum absolute atomic E-state index is 0.105. The van der Waals surface area contributed by atoms with Crippen LogP contribution in [0.5, 0.6) is 0 Å². The number of H-pyrrole nitrogens is 1. The maximum absolute atomic E-state index is 12.7. The lowest BCUT2D eigenvalue weighted by molar-refractivity contribution is -0.147. The van der Waals surface area contributed by atoms with E-state index in [9.17, 15) is 33.9 Å². The van der Waals surface area contributed by atoms with Gasteiger partial charge in [-0.3, -0.25) is 24.0 Å². The first-order valence-electron chi connectivity index (χ1n) is 9.92. The summed E-state index contributed by atoms with van der Waals surface area (Å²) in [6.45, 7) is -0.880. The number of carbonyl (C=O) groups excluding carboxylic acids is 4. The van der Waals surface area contributed by atoms with Gasteiger partial charge in [-0.05, 0) is 6.42 Å². The van der Waals surface area contributed by atoms with Crippen molar-refractivity contribution in [3.8, 4) is 0 Å². The van der Waals surface area contributed by atoms with Gasteiger partial charge in [-0.15, -0.1) is 0 Å². The van der Waals surface area contributed by atoms with Gasteiger partial charge in [-0.1, -0.05) is 0 Å². The van der Waals surface area contributed by atoms with Crippen LogP contribution in [-0.2, 0) is 35.2 Å². The van der Waals surface area contributed by atoms with E-state index in [0.717, 1.165) is 0 Å². The number of nitrogens with one attached hydrogen (secondary N) is 4. The summed E-state index contributed by atoms with van der Waals surface area (Å²) < 4.78 is 0. The van der Waals surface area contributed by atoms with Crippen molar-refractivity contribution in [1.82, 2.24) is 25.9 Å². The largest absolute Gasteiger partial charge is 0.481 e. The highest BCUT2D eigenvalue weighted by atomic mass is 16.4. The number of aliphatic hydroxyl groups excluding tert-OH is 1. The molecule has 0 spiro atoms. The number of nitrogens with two attached hydrogens (primary N) is 2. The number of carboxylic acids is 2. The Morgan fingerprint density at radius 2 is 1.56 bits per heavy atom. The lowest BCUT2D eigenvalue weighted by Gasteiger charge is -2.24. The van der Waals surface area contributed by atoms with Gasteiger partial charge < -0.3 is 47.7 Å². The van der Waals surface area contributed by atoms with Gasteiger partial charge in [0.1, 0.15) is 18.1 Å². The summed E-state index contributed by atoms with van der Waals surface area (Å²) in [6, 6.07) is -5.95. The quantitative estimate of drug-likeness (QED) is 0.114. The van der Waals surface area contributed by atoms with Gasteiger partial charge in [-0.2, -0.15) is 0 Å². The van der Waals surface area contributed by atoms with E-state index in [4.69, 9.17) is 21.7 Å². The first-order chi connectivity index (χ1) is 15.9. The summed E-state index contributed by atoms with van der Waals surface area (Å²) in [5.41, 5.74) is 11.0. The second-order valence-corrected chi connectivity index (χ2v) is 7.19. The second kappa shape index (κ2) is 13.5. The third-order valence-corrected chi connectivity index (χ3v) is 4.46. The van der Waals surface area contributed by atoms with Crippen LogP contribution in [-0.4, -0.2) is 91.6 Å². The molecule has 0 saturated heterocycles. The number of aliphatic hydroxyl groups is 1. The van der Waals surface area contributed by atoms with Crippen LogP contribution in [0.4, 0.5) is 0 Å². The maximum Gasteiger partial charge on any atom is 0.326 e. The predicted octanol–water partition coefficient (Wildman–Crippen LogP) is -4.45. The van der Waals surface area contributed by atoms with E-state index in [-0.39, 0.29) is 19.3 Å². The topological polar surface area (TPSA) is 280 Å². The molecule has 0 aliphatic carbocycles. The Labute approximate surface area is 192 Å². The number of carboxylic acid groups (broad SMARTS) is 2. The molecule has 0 fully saturated rings. The summed E-state index contributed by atoms with van der Waals surface area (Å²) in [6.07, 6.45) is 1.22. The summed E-state index contributed by atoms with van der Waals surface area (Å²) in [7, 11) is 0. The fraction of sp³-hybridized carbons (Fsp3) is 0.500. The maximum atomic E-state index is 12.7. The molecule has 0 aliphatic heterocycles. The van der Waals surface area contributed by atoms with E-state index in [0.29, 0.717) is 5.69 Å². The van der Waals surface area contributed by atoms with Crippen LogP contribution in [0.25, 0.3) is 0 Å². The molecule has 1 heterocycles. The van der Waals surface area contributed by atoms with E-state index in [1.54, 1.807) is 0 Å². The number of hydrogen-bond acceptors (Lipinski definition) is 9. The van der Waals surface area contributed by atoms with Crippen molar-refractivity contribution >= 4 is 35.6 Å². The van der Waals surface area contributed by atoms with Gasteiger partial charge in [0.15, 0.2) is 0 Å². The number of carbonyl (C=O) groups is 6. The minimum atomic E-state index is -1.78. The number of aromatic nitrogens is 2. The third-order valence-electron chi connectivity index (χ3n) is 4.46. The summed E-state index contributed by atoms with van der Waals surface area (Å²) in [4.78, 5) is 76.8. The molecule has 0 aromatic carbocycles. The monoisotopic (exact) mass is 485 g/mol. The Hall–Kier alpha value is -4.05. The molecule has 1 aromatic rings. The van der Waals surface area contributed by atoms with Gasteiger partial charge in [0.05, 0.1) is 25.4 Å². The molecule has 188 valence electrons. The molecule has 11 N–H and O–H groups in total. The smallest absolute Gasteiger partial charge is 0.326 e. The number of nitrogens with zero attached hydrogens (tertiary/aromatic N) is 1. The number of amides is 4. The van der Waals surface area contributed by atoms with Crippen LogP contribution >= 0.6 is 0 Å². The van der Waals surface area contributed by atoms with Crippen molar-refractivity contribution in [3.63, 3.8) is 0 Å². The molecule has 0 bridgehead atoms. The SMILES string of the molecule is NC(=O)CCC(N)C(=O)NC(CO)C(=O)NC(Cc1cnc[nH]1)C(=O)NC(CC(=O)O)C(=O)O. The molecule has 0 saturated carbocycles. The fourth-order valence-corrected chi connectivity index (χ4v) is 2.65. The first kappa shape index (κ1) is 28.0. The Morgan fingerprint density at radius 3 is 2.06 bits per heavy atom. The van der Waals surface area contributed by atoms with E-state index < -0.39 is 72.8 Å². The van der Waals surface area contributed by atoms with Gasteiger partial charge in [0.2, 0.25) is 23.6 Å².